The Morgan fingerprint density at radius 2 is 1.90 bits per heavy atom. The van der Waals surface area contributed by atoms with Crippen LogP contribution in [-0.4, -0.2) is 31.6 Å². The number of benzene rings is 1. The Bertz CT molecular complexity index is 652. The van der Waals surface area contributed by atoms with Crippen LogP contribution < -0.4 is 0 Å². The van der Waals surface area contributed by atoms with E-state index in [2.05, 4.69) is 9.97 Å². The second kappa shape index (κ2) is 4.98. The van der Waals surface area contributed by atoms with Gasteiger partial charge in [0.1, 0.15) is 5.82 Å². The molecule has 1 heterocycles. The van der Waals surface area contributed by atoms with Crippen LogP contribution in [0.5, 0.6) is 0 Å². The van der Waals surface area contributed by atoms with Crippen molar-refractivity contribution in [2.75, 3.05) is 0 Å². The maximum absolute atomic E-state index is 13.2. The van der Waals surface area contributed by atoms with E-state index in [1.54, 1.807) is 27.7 Å². The Labute approximate surface area is 120 Å². The number of carbonyl (C=O) groups is 1. The van der Waals surface area contributed by atoms with Crippen molar-refractivity contribution in [3.63, 3.8) is 0 Å². The number of nitrogens with zero attached hydrogens (tertiary/aromatic N) is 2. The molecule has 0 aliphatic heterocycles. The predicted molar refractivity (Wildman–Crippen MR) is 74.0 cm³/mol. The number of hydrogen-bond acceptors (Lipinski definition) is 2. The van der Waals surface area contributed by atoms with Crippen LogP contribution in [0.3, 0.4) is 0 Å². The third-order valence-corrected chi connectivity index (χ3v) is 3.25. The Morgan fingerprint density at radius 1 is 1.33 bits per heavy atom. The van der Waals surface area contributed by atoms with Crippen molar-refractivity contribution in [3.05, 3.63) is 29.6 Å². The van der Waals surface area contributed by atoms with Gasteiger partial charge in [-0.1, -0.05) is 0 Å². The smallest absolute Gasteiger partial charge is 0.408 e. The summed E-state index contributed by atoms with van der Waals surface area (Å²) in [6.45, 7) is 6.96. The second-order valence-corrected chi connectivity index (χ2v) is 5.90. The van der Waals surface area contributed by atoms with E-state index in [1.807, 2.05) is 0 Å². The standard InChI is InChI=1S/C14H17F2N3O2/c1-7(19(13(20)21)14(2,3)4)12-17-10-5-8(15)9(16)6-11(10)18-12/h5-7H,1-4H3,(H,17,18)(H,20,21)/t7-/m1/s1. The molecular formula is C14H17F2N3O2. The number of aromatic amines is 1. The largest absolute Gasteiger partial charge is 0.465 e. The molecule has 0 fully saturated rings. The number of rotatable bonds is 2. The van der Waals surface area contributed by atoms with Gasteiger partial charge in [0.25, 0.3) is 0 Å². The van der Waals surface area contributed by atoms with Crippen molar-refractivity contribution in [3.8, 4) is 0 Å². The molecule has 1 aromatic heterocycles. The fourth-order valence-corrected chi connectivity index (χ4v) is 2.38. The number of fused-ring (bicyclic) bond motifs is 1. The summed E-state index contributed by atoms with van der Waals surface area (Å²) in [6, 6.07) is 1.41. The summed E-state index contributed by atoms with van der Waals surface area (Å²) in [4.78, 5) is 19.7. The molecule has 2 N–H and O–H groups in total. The Kier molecular flexibility index (Phi) is 3.61. The maximum atomic E-state index is 13.2. The van der Waals surface area contributed by atoms with E-state index in [1.165, 1.54) is 4.90 Å². The van der Waals surface area contributed by atoms with E-state index in [-0.39, 0.29) is 5.52 Å². The van der Waals surface area contributed by atoms with Crippen LogP contribution in [0.15, 0.2) is 12.1 Å². The highest BCUT2D eigenvalue weighted by atomic mass is 19.2. The van der Waals surface area contributed by atoms with Gasteiger partial charge in [-0.2, -0.15) is 0 Å². The van der Waals surface area contributed by atoms with Crippen LogP contribution in [-0.2, 0) is 0 Å². The average Bonchev–Trinajstić information content (AvgIpc) is 2.70. The molecule has 5 nitrogen and oxygen atoms in total. The predicted octanol–water partition coefficient (Wildman–Crippen LogP) is 3.68. The number of halogens is 2. The Morgan fingerprint density at radius 3 is 2.43 bits per heavy atom. The first-order valence-corrected chi connectivity index (χ1v) is 6.48. The normalized spacial score (nSPS) is 13.4. The van der Waals surface area contributed by atoms with Gasteiger partial charge >= 0.3 is 6.09 Å². The van der Waals surface area contributed by atoms with Crippen molar-refractivity contribution >= 4 is 17.1 Å². The highest BCUT2D eigenvalue weighted by Crippen LogP contribution is 2.28. The Balaban J connectivity index is 2.47. The van der Waals surface area contributed by atoms with E-state index in [4.69, 9.17) is 0 Å². The molecule has 114 valence electrons. The van der Waals surface area contributed by atoms with Crippen LogP contribution in [0.2, 0.25) is 0 Å². The molecule has 2 aromatic rings. The summed E-state index contributed by atoms with van der Waals surface area (Å²) in [5.41, 5.74) is -0.0502. The number of H-pyrrole nitrogens is 1. The van der Waals surface area contributed by atoms with Crippen LogP contribution in [0.1, 0.15) is 39.6 Å². The van der Waals surface area contributed by atoms with Gasteiger partial charge in [0, 0.05) is 17.7 Å². The third-order valence-electron chi connectivity index (χ3n) is 3.25. The third kappa shape index (κ3) is 2.81. The molecular weight excluding hydrogens is 280 g/mol. The SMILES string of the molecule is C[C@H](c1nc2cc(F)c(F)cc2[nH]1)N(C(=O)O)C(C)(C)C. The second-order valence-electron chi connectivity index (χ2n) is 5.90. The minimum Gasteiger partial charge on any atom is -0.465 e. The fraction of sp³-hybridized carbons (Fsp3) is 0.429. The molecule has 0 aliphatic carbocycles. The van der Waals surface area contributed by atoms with Crippen LogP contribution in [0, 0.1) is 11.6 Å². The lowest BCUT2D eigenvalue weighted by atomic mass is 10.0. The van der Waals surface area contributed by atoms with Crippen LogP contribution >= 0.6 is 0 Å². The zero-order valence-electron chi connectivity index (χ0n) is 12.2. The van der Waals surface area contributed by atoms with Gasteiger partial charge in [-0.3, -0.25) is 4.90 Å². The van der Waals surface area contributed by atoms with Crippen molar-refractivity contribution in [1.29, 1.82) is 0 Å². The number of imidazole rings is 1. The molecule has 0 spiro atoms. The van der Waals surface area contributed by atoms with E-state index in [9.17, 15) is 18.7 Å². The highest BCUT2D eigenvalue weighted by molar-refractivity contribution is 5.75. The summed E-state index contributed by atoms with van der Waals surface area (Å²) in [5.74, 6) is -1.62. The summed E-state index contributed by atoms with van der Waals surface area (Å²) in [7, 11) is 0. The zero-order chi connectivity index (χ0) is 15.9. The van der Waals surface area contributed by atoms with Crippen molar-refractivity contribution in [2.24, 2.45) is 0 Å². The maximum Gasteiger partial charge on any atom is 0.408 e. The fourth-order valence-electron chi connectivity index (χ4n) is 2.38. The molecule has 0 saturated heterocycles. The molecule has 0 unspecified atom stereocenters. The van der Waals surface area contributed by atoms with Gasteiger partial charge in [0.05, 0.1) is 17.1 Å². The summed E-state index contributed by atoms with van der Waals surface area (Å²) in [5, 5.41) is 9.37. The van der Waals surface area contributed by atoms with Crippen molar-refractivity contribution in [1.82, 2.24) is 14.9 Å². The van der Waals surface area contributed by atoms with Crippen molar-refractivity contribution < 1.29 is 18.7 Å². The number of nitrogens with one attached hydrogen (secondary N) is 1. The first-order valence-electron chi connectivity index (χ1n) is 6.48. The van der Waals surface area contributed by atoms with Gasteiger partial charge in [0.15, 0.2) is 11.6 Å². The quantitative estimate of drug-likeness (QED) is 0.888. The van der Waals surface area contributed by atoms with Gasteiger partial charge in [-0.05, 0) is 27.7 Å². The number of aromatic nitrogens is 2. The summed E-state index contributed by atoms with van der Waals surface area (Å²) < 4.78 is 26.4. The minimum atomic E-state index is -1.09. The molecule has 1 aromatic carbocycles. The van der Waals surface area contributed by atoms with E-state index in [0.717, 1.165) is 12.1 Å². The van der Waals surface area contributed by atoms with Gasteiger partial charge < -0.3 is 10.1 Å². The van der Waals surface area contributed by atoms with Gasteiger partial charge in [-0.15, -0.1) is 0 Å². The van der Waals surface area contributed by atoms with Crippen LogP contribution in [0.4, 0.5) is 13.6 Å². The van der Waals surface area contributed by atoms with E-state index < -0.39 is 29.3 Å². The molecule has 1 atom stereocenters. The average molecular weight is 297 g/mol. The monoisotopic (exact) mass is 297 g/mol. The lowest BCUT2D eigenvalue weighted by molar-refractivity contribution is 0.0730. The molecule has 7 heteroatoms. The zero-order valence-corrected chi connectivity index (χ0v) is 12.2. The molecule has 1 amide bonds. The molecule has 0 saturated carbocycles. The molecule has 21 heavy (non-hydrogen) atoms. The Hall–Kier alpha value is -2.18. The minimum absolute atomic E-state index is 0.259. The van der Waals surface area contributed by atoms with Crippen LogP contribution in [0.25, 0.3) is 11.0 Å². The summed E-state index contributed by atoms with van der Waals surface area (Å²) >= 11 is 0. The summed E-state index contributed by atoms with van der Waals surface area (Å²) in [6.07, 6.45) is -1.09. The van der Waals surface area contributed by atoms with E-state index in [0.29, 0.717) is 11.3 Å². The topological polar surface area (TPSA) is 69.2 Å². The molecule has 0 bridgehead atoms. The lowest BCUT2D eigenvalue weighted by Crippen LogP contribution is -2.46. The molecule has 2 rings (SSSR count). The first-order chi connectivity index (χ1) is 9.61. The number of amides is 1. The van der Waals surface area contributed by atoms with E-state index >= 15 is 0 Å². The first kappa shape index (κ1) is 15.2. The number of carboxylic acid groups (broad SMARTS) is 1. The highest BCUT2D eigenvalue weighted by Gasteiger charge is 2.33. The van der Waals surface area contributed by atoms with Gasteiger partial charge in [-0.25, -0.2) is 18.6 Å². The number of hydrogen-bond donors (Lipinski definition) is 2. The lowest BCUT2D eigenvalue weighted by Gasteiger charge is -2.37. The molecule has 0 radical (unpaired) electrons. The van der Waals surface area contributed by atoms with Gasteiger partial charge in [0.2, 0.25) is 0 Å². The molecule has 0 aliphatic rings. The van der Waals surface area contributed by atoms with Crippen molar-refractivity contribution in [2.45, 2.75) is 39.3 Å².